The lowest BCUT2D eigenvalue weighted by Gasteiger charge is -2.13. The zero-order valence-electron chi connectivity index (χ0n) is 19.1. The lowest BCUT2D eigenvalue weighted by atomic mass is 10.1. The van der Waals surface area contributed by atoms with Crippen LogP contribution in [-0.4, -0.2) is 31.1 Å². The van der Waals surface area contributed by atoms with Gasteiger partial charge in [-0.2, -0.15) is 0 Å². The second-order valence-electron chi connectivity index (χ2n) is 7.55. The standard InChI is InChI=1S/C27H25FN4O2S/c1-34-25-10-9-20(23-7-2-3-8-24(23)28)17-26(25)35-32-22-6-4-5-21(18-22)30-15-16-31-27(33)19-11-13-29-14-12-19/h2-14,17-18,30,32H,15-16H2,1H3,(H,31,33). The van der Waals surface area contributed by atoms with Crippen molar-refractivity contribution in [1.29, 1.82) is 0 Å². The number of nitrogens with one attached hydrogen (secondary N) is 3. The van der Waals surface area contributed by atoms with Gasteiger partial charge in [0.25, 0.3) is 5.91 Å². The van der Waals surface area contributed by atoms with Crippen LogP contribution < -0.4 is 20.1 Å². The quantitative estimate of drug-likeness (QED) is 0.192. The fraction of sp³-hybridized carbons (Fsp3) is 0.111. The van der Waals surface area contributed by atoms with Crippen LogP contribution in [0.3, 0.4) is 0 Å². The lowest BCUT2D eigenvalue weighted by molar-refractivity contribution is 0.0955. The van der Waals surface area contributed by atoms with Crippen molar-refractivity contribution in [2.45, 2.75) is 4.90 Å². The highest BCUT2D eigenvalue weighted by atomic mass is 32.2. The third kappa shape index (κ3) is 6.51. The Morgan fingerprint density at radius 3 is 2.54 bits per heavy atom. The van der Waals surface area contributed by atoms with Crippen molar-refractivity contribution in [1.82, 2.24) is 10.3 Å². The van der Waals surface area contributed by atoms with Crippen molar-refractivity contribution in [3.8, 4) is 16.9 Å². The number of rotatable bonds is 10. The van der Waals surface area contributed by atoms with Crippen LogP contribution in [0, 0.1) is 5.82 Å². The van der Waals surface area contributed by atoms with Crippen molar-refractivity contribution in [2.24, 2.45) is 0 Å². The lowest BCUT2D eigenvalue weighted by Crippen LogP contribution is -2.28. The number of ether oxygens (including phenoxy) is 1. The molecule has 1 heterocycles. The molecule has 3 N–H and O–H groups in total. The van der Waals surface area contributed by atoms with E-state index in [1.165, 1.54) is 18.0 Å². The molecule has 0 saturated carbocycles. The second-order valence-corrected chi connectivity index (χ2v) is 8.40. The van der Waals surface area contributed by atoms with Crippen molar-refractivity contribution in [3.63, 3.8) is 0 Å². The minimum Gasteiger partial charge on any atom is -0.496 e. The zero-order chi connectivity index (χ0) is 24.5. The van der Waals surface area contributed by atoms with Crippen LogP contribution in [0.5, 0.6) is 5.75 Å². The van der Waals surface area contributed by atoms with E-state index in [-0.39, 0.29) is 11.7 Å². The summed E-state index contributed by atoms with van der Waals surface area (Å²) in [5, 5.41) is 6.18. The smallest absolute Gasteiger partial charge is 0.251 e. The van der Waals surface area contributed by atoms with Crippen LogP contribution in [0.25, 0.3) is 11.1 Å². The van der Waals surface area contributed by atoms with E-state index in [0.717, 1.165) is 21.8 Å². The largest absolute Gasteiger partial charge is 0.496 e. The van der Waals surface area contributed by atoms with Gasteiger partial charge < -0.3 is 20.1 Å². The molecule has 0 aliphatic carbocycles. The number of carbonyl (C=O) groups is 1. The molecule has 8 heteroatoms. The van der Waals surface area contributed by atoms with Crippen LogP contribution in [0.15, 0.2) is 96.2 Å². The number of benzene rings is 3. The third-order valence-corrected chi connectivity index (χ3v) is 6.05. The number of pyridine rings is 1. The molecule has 1 amide bonds. The summed E-state index contributed by atoms with van der Waals surface area (Å²) in [7, 11) is 1.61. The SMILES string of the molecule is COc1ccc(-c2ccccc2F)cc1SNc1cccc(NCCNC(=O)c2ccncc2)c1. The number of carbonyl (C=O) groups excluding carboxylic acids is 1. The molecule has 0 aliphatic heterocycles. The van der Waals surface area contributed by atoms with Gasteiger partial charge in [-0.05, 0) is 66.0 Å². The van der Waals surface area contributed by atoms with Gasteiger partial charge in [0.05, 0.1) is 12.0 Å². The van der Waals surface area contributed by atoms with Crippen LogP contribution in [-0.2, 0) is 0 Å². The number of amides is 1. The van der Waals surface area contributed by atoms with Gasteiger partial charge in [0.1, 0.15) is 11.6 Å². The van der Waals surface area contributed by atoms with E-state index >= 15 is 0 Å². The Balaban J connectivity index is 1.34. The summed E-state index contributed by atoms with van der Waals surface area (Å²) >= 11 is 1.39. The first kappa shape index (κ1) is 24.1. The van der Waals surface area contributed by atoms with Gasteiger partial charge in [0, 0.05) is 48.0 Å². The molecule has 0 bridgehead atoms. The minimum absolute atomic E-state index is 0.132. The number of hydrogen-bond acceptors (Lipinski definition) is 6. The van der Waals surface area contributed by atoms with E-state index in [0.29, 0.717) is 30.0 Å². The summed E-state index contributed by atoms with van der Waals surface area (Å²) in [5.74, 6) is 0.298. The number of hydrogen-bond donors (Lipinski definition) is 3. The Kier molecular flexibility index (Phi) is 8.19. The van der Waals surface area contributed by atoms with Crippen molar-refractivity contribution in [3.05, 3.63) is 103 Å². The first-order valence-electron chi connectivity index (χ1n) is 11.0. The number of aromatic nitrogens is 1. The van der Waals surface area contributed by atoms with Crippen molar-refractivity contribution >= 4 is 29.2 Å². The number of anilines is 2. The molecular formula is C27H25FN4O2S. The molecule has 0 saturated heterocycles. The topological polar surface area (TPSA) is 75.3 Å². The average Bonchev–Trinajstić information content (AvgIpc) is 2.90. The van der Waals surface area contributed by atoms with Crippen molar-refractivity contribution in [2.75, 3.05) is 30.2 Å². The maximum absolute atomic E-state index is 14.3. The molecule has 0 spiro atoms. The molecule has 4 aromatic rings. The maximum atomic E-state index is 14.3. The maximum Gasteiger partial charge on any atom is 0.251 e. The van der Waals surface area contributed by atoms with Crippen LogP contribution in [0.4, 0.5) is 15.8 Å². The van der Waals surface area contributed by atoms with Gasteiger partial charge in [0.2, 0.25) is 0 Å². The van der Waals surface area contributed by atoms with E-state index in [1.54, 1.807) is 43.8 Å². The Morgan fingerprint density at radius 1 is 0.943 bits per heavy atom. The minimum atomic E-state index is -0.266. The average molecular weight is 489 g/mol. The summed E-state index contributed by atoms with van der Waals surface area (Å²) in [6.07, 6.45) is 3.19. The van der Waals surface area contributed by atoms with Gasteiger partial charge in [-0.3, -0.25) is 9.78 Å². The van der Waals surface area contributed by atoms with E-state index in [1.807, 2.05) is 48.5 Å². The summed E-state index contributed by atoms with van der Waals surface area (Å²) in [6, 6.07) is 23.5. The fourth-order valence-corrected chi connectivity index (χ4v) is 4.21. The van der Waals surface area contributed by atoms with E-state index < -0.39 is 0 Å². The van der Waals surface area contributed by atoms with Gasteiger partial charge in [-0.25, -0.2) is 4.39 Å². The van der Waals surface area contributed by atoms with Gasteiger partial charge in [-0.1, -0.05) is 30.3 Å². The molecule has 178 valence electrons. The fourth-order valence-electron chi connectivity index (χ4n) is 3.41. The molecule has 3 aromatic carbocycles. The molecule has 0 aliphatic rings. The molecule has 0 atom stereocenters. The van der Waals surface area contributed by atoms with Crippen LogP contribution in [0.1, 0.15) is 10.4 Å². The highest BCUT2D eigenvalue weighted by molar-refractivity contribution is 8.00. The molecule has 4 rings (SSSR count). The molecule has 1 aromatic heterocycles. The molecule has 0 unspecified atom stereocenters. The predicted octanol–water partition coefficient (Wildman–Crippen LogP) is 5.86. The first-order valence-corrected chi connectivity index (χ1v) is 11.8. The van der Waals surface area contributed by atoms with E-state index in [2.05, 4.69) is 20.3 Å². The molecule has 6 nitrogen and oxygen atoms in total. The molecule has 0 radical (unpaired) electrons. The van der Waals surface area contributed by atoms with Gasteiger partial charge in [0.15, 0.2) is 0 Å². The van der Waals surface area contributed by atoms with E-state index in [9.17, 15) is 9.18 Å². The second kappa shape index (κ2) is 11.9. The summed E-state index contributed by atoms with van der Waals surface area (Å²) < 4.78 is 23.1. The molecular weight excluding hydrogens is 463 g/mol. The summed E-state index contributed by atoms with van der Waals surface area (Å²) in [4.78, 5) is 16.9. The monoisotopic (exact) mass is 488 g/mol. The summed E-state index contributed by atoms with van der Waals surface area (Å²) in [5.41, 5.74) is 3.70. The third-order valence-electron chi connectivity index (χ3n) is 5.17. The Hall–Kier alpha value is -4.04. The zero-order valence-corrected chi connectivity index (χ0v) is 19.9. The first-order chi connectivity index (χ1) is 17.1. The van der Waals surface area contributed by atoms with Crippen molar-refractivity contribution < 1.29 is 13.9 Å². The number of nitrogens with zero attached hydrogens (tertiary/aromatic N) is 1. The Labute approximate surface area is 208 Å². The van der Waals surface area contributed by atoms with Gasteiger partial charge in [-0.15, -0.1) is 0 Å². The number of halogens is 1. The highest BCUT2D eigenvalue weighted by Crippen LogP contribution is 2.35. The Morgan fingerprint density at radius 2 is 1.74 bits per heavy atom. The van der Waals surface area contributed by atoms with Crippen LogP contribution in [0.2, 0.25) is 0 Å². The van der Waals surface area contributed by atoms with E-state index in [4.69, 9.17) is 4.74 Å². The molecule has 0 fully saturated rings. The predicted molar refractivity (Wildman–Crippen MR) is 139 cm³/mol. The van der Waals surface area contributed by atoms with Crippen LogP contribution >= 0.6 is 11.9 Å². The summed E-state index contributed by atoms with van der Waals surface area (Å²) in [6.45, 7) is 1.06. The highest BCUT2D eigenvalue weighted by Gasteiger charge is 2.10. The van der Waals surface area contributed by atoms with Gasteiger partial charge >= 0.3 is 0 Å². The normalized spacial score (nSPS) is 10.5. The molecule has 35 heavy (non-hydrogen) atoms. The Bertz CT molecular complexity index is 1290. The number of methoxy groups -OCH3 is 1.